The Morgan fingerprint density at radius 3 is 0.765 bits per heavy atom. The first-order valence-corrected chi connectivity index (χ1v) is 7.46. The predicted molar refractivity (Wildman–Crippen MR) is 68.0 cm³/mol. The first kappa shape index (κ1) is 29.6. The number of halogens is 18. The third-order valence-electron chi connectivity index (χ3n) is 4.05. The highest BCUT2D eigenvalue weighted by Gasteiger charge is 2.84. The number of carbonyl (C=O) groups excluding carboxylic acids is 2. The van der Waals surface area contributed by atoms with Crippen LogP contribution in [0.15, 0.2) is 23.3 Å². The molecular weight excluding hydrogens is 542 g/mol. The molecule has 0 aromatic rings. The van der Waals surface area contributed by atoms with Crippen LogP contribution in [0.25, 0.3) is 0 Å². The van der Waals surface area contributed by atoms with E-state index in [2.05, 4.69) is 0 Å². The Bertz CT molecular complexity index is 853. The lowest BCUT2D eigenvalue weighted by Crippen LogP contribution is -2.63. The minimum absolute atomic E-state index is 1.60. The molecule has 0 atom stereocenters. The number of hydrogen-bond acceptors (Lipinski definition) is 2. The van der Waals surface area contributed by atoms with Gasteiger partial charge < -0.3 is 0 Å². The Morgan fingerprint density at radius 1 is 0.382 bits per heavy atom. The van der Waals surface area contributed by atoms with Crippen molar-refractivity contribution in [3.63, 3.8) is 0 Å². The number of hydrogen-bond donors (Lipinski definition) is 0. The fourth-order valence-electron chi connectivity index (χ4n) is 2.14. The van der Waals surface area contributed by atoms with E-state index in [1.54, 1.807) is 0 Å². The summed E-state index contributed by atoms with van der Waals surface area (Å²) in [5.74, 6) is -51.3. The molecule has 0 fully saturated rings. The molecule has 196 valence electrons. The average Bonchev–Trinajstić information content (AvgIpc) is 2.60. The highest BCUT2D eigenvalue weighted by atomic mass is 19.4. The van der Waals surface area contributed by atoms with Gasteiger partial charge in [-0.05, 0) is 12.2 Å². The number of ketones is 2. The smallest absolute Gasteiger partial charge is 0.289 e. The summed E-state index contributed by atoms with van der Waals surface area (Å²) in [5.41, 5.74) is -6.84. The molecule has 2 nitrogen and oxygen atoms in total. The fraction of sp³-hybridized carbons (Fsp3) is 0.571. The summed E-state index contributed by atoms with van der Waals surface area (Å²) in [4.78, 5) is 22.8. The van der Waals surface area contributed by atoms with Crippen LogP contribution in [-0.2, 0) is 9.59 Å². The summed E-state index contributed by atoms with van der Waals surface area (Å²) < 4.78 is 232. The zero-order valence-corrected chi connectivity index (χ0v) is 14.8. The maximum absolute atomic E-state index is 13.7. The summed E-state index contributed by atoms with van der Waals surface area (Å²) >= 11 is 0. The van der Waals surface area contributed by atoms with Gasteiger partial charge in [0.1, 0.15) is 0 Å². The highest BCUT2D eigenvalue weighted by molar-refractivity contribution is 6.21. The molecular formula is C14H2F18O2. The van der Waals surface area contributed by atoms with E-state index in [9.17, 15) is 88.6 Å². The molecule has 1 rings (SSSR count). The van der Waals surface area contributed by atoms with Crippen molar-refractivity contribution in [2.75, 3.05) is 0 Å². The van der Waals surface area contributed by atoms with E-state index in [1.165, 1.54) is 0 Å². The lowest BCUT2D eigenvalue weighted by atomic mass is 9.84. The van der Waals surface area contributed by atoms with Crippen molar-refractivity contribution < 1.29 is 88.6 Å². The minimum atomic E-state index is -7.66. The second-order valence-corrected chi connectivity index (χ2v) is 6.29. The van der Waals surface area contributed by atoms with Crippen LogP contribution in [-0.4, -0.2) is 59.5 Å². The first-order valence-electron chi connectivity index (χ1n) is 7.46. The number of allylic oxidation sites excluding steroid dienone is 4. The van der Waals surface area contributed by atoms with Crippen LogP contribution >= 0.6 is 0 Å². The molecule has 1 aliphatic rings. The van der Waals surface area contributed by atoms with Gasteiger partial charge in [0.05, 0.1) is 11.1 Å². The Kier molecular flexibility index (Phi) is 6.55. The van der Waals surface area contributed by atoms with Crippen molar-refractivity contribution in [1.29, 1.82) is 0 Å². The average molecular weight is 544 g/mol. The Labute approximate surface area is 172 Å². The van der Waals surface area contributed by atoms with Gasteiger partial charge in [0.2, 0.25) is 0 Å². The van der Waals surface area contributed by atoms with E-state index in [0.29, 0.717) is 0 Å². The molecule has 0 radical (unpaired) electrons. The molecule has 0 aliphatic heterocycles. The molecule has 0 heterocycles. The summed E-state index contributed by atoms with van der Waals surface area (Å²) in [6, 6.07) is 0. The molecule has 0 saturated heterocycles. The van der Waals surface area contributed by atoms with Crippen molar-refractivity contribution in [3.05, 3.63) is 23.3 Å². The SMILES string of the molecule is O=C1C=C(C(F)(F)C(F)(F)C(F)(F)C(F)(F)F)C(=O)C=C1C(F)(F)C(F)(F)C(F)(F)C(F)(F)F. The van der Waals surface area contributed by atoms with Crippen LogP contribution in [0.5, 0.6) is 0 Å². The van der Waals surface area contributed by atoms with Gasteiger partial charge in [-0.1, -0.05) is 0 Å². The van der Waals surface area contributed by atoms with E-state index < -0.39 is 82.8 Å². The van der Waals surface area contributed by atoms with Gasteiger partial charge in [0.15, 0.2) is 11.6 Å². The van der Waals surface area contributed by atoms with E-state index >= 15 is 0 Å². The third-order valence-corrected chi connectivity index (χ3v) is 4.05. The van der Waals surface area contributed by atoms with Gasteiger partial charge in [0, 0.05) is 0 Å². The summed E-state index contributed by atoms with van der Waals surface area (Å²) in [7, 11) is 0. The molecule has 1 aliphatic carbocycles. The lowest BCUT2D eigenvalue weighted by molar-refractivity contribution is -0.389. The largest absolute Gasteiger partial charge is 0.460 e. The normalized spacial score (nSPS) is 18.2. The van der Waals surface area contributed by atoms with Crippen LogP contribution in [0.3, 0.4) is 0 Å². The number of carbonyl (C=O) groups is 2. The highest BCUT2D eigenvalue weighted by Crippen LogP contribution is 2.58. The second kappa shape index (κ2) is 7.53. The van der Waals surface area contributed by atoms with Crippen molar-refractivity contribution in [1.82, 2.24) is 0 Å². The van der Waals surface area contributed by atoms with Crippen molar-refractivity contribution in [3.8, 4) is 0 Å². The van der Waals surface area contributed by atoms with Gasteiger partial charge in [-0.2, -0.15) is 79.0 Å². The van der Waals surface area contributed by atoms with E-state index in [4.69, 9.17) is 0 Å². The zero-order chi connectivity index (χ0) is 27.7. The number of rotatable bonds is 6. The van der Waals surface area contributed by atoms with Crippen molar-refractivity contribution in [2.45, 2.75) is 47.9 Å². The van der Waals surface area contributed by atoms with Gasteiger partial charge >= 0.3 is 47.9 Å². The minimum Gasteiger partial charge on any atom is -0.289 e. The van der Waals surface area contributed by atoms with Crippen LogP contribution in [0.1, 0.15) is 0 Å². The van der Waals surface area contributed by atoms with Crippen molar-refractivity contribution in [2.24, 2.45) is 0 Å². The Balaban J connectivity index is 3.62. The Hall–Kier alpha value is -2.44. The Morgan fingerprint density at radius 2 is 0.588 bits per heavy atom. The third kappa shape index (κ3) is 3.81. The van der Waals surface area contributed by atoms with Gasteiger partial charge in [-0.3, -0.25) is 9.59 Å². The monoisotopic (exact) mass is 544 g/mol. The molecule has 0 bridgehead atoms. The quantitative estimate of drug-likeness (QED) is 0.307. The van der Waals surface area contributed by atoms with Gasteiger partial charge in [-0.15, -0.1) is 0 Å². The summed E-state index contributed by atoms with van der Waals surface area (Å²) in [6.45, 7) is 0. The van der Waals surface area contributed by atoms with E-state index in [-0.39, 0.29) is 0 Å². The van der Waals surface area contributed by atoms with Crippen LogP contribution in [0.2, 0.25) is 0 Å². The van der Waals surface area contributed by atoms with E-state index in [0.717, 1.165) is 0 Å². The lowest BCUT2D eigenvalue weighted by Gasteiger charge is -2.36. The van der Waals surface area contributed by atoms with Crippen LogP contribution in [0, 0.1) is 0 Å². The summed E-state index contributed by atoms with van der Waals surface area (Å²) in [6.07, 6.45) is -18.1. The van der Waals surface area contributed by atoms with Crippen LogP contribution < -0.4 is 0 Å². The maximum atomic E-state index is 13.7. The molecule has 0 N–H and O–H groups in total. The van der Waals surface area contributed by atoms with Crippen LogP contribution in [0.4, 0.5) is 79.0 Å². The molecule has 0 unspecified atom stereocenters. The predicted octanol–water partition coefficient (Wildman–Crippen LogP) is 5.93. The van der Waals surface area contributed by atoms with Crippen molar-refractivity contribution >= 4 is 11.6 Å². The molecule has 0 spiro atoms. The van der Waals surface area contributed by atoms with Gasteiger partial charge in [-0.25, -0.2) is 0 Å². The second-order valence-electron chi connectivity index (χ2n) is 6.29. The molecule has 0 amide bonds. The zero-order valence-electron chi connectivity index (χ0n) is 14.8. The topological polar surface area (TPSA) is 34.1 Å². The number of alkyl halides is 18. The standard InChI is InChI=1S/C14H2F18O2/c15-7(16,9(19,20)11(23,24)13(27,28)29)3-1-5(33)4(2-6(3)34)8(17,18)10(21,22)12(25,26)14(30,31)32/h1-2H. The molecule has 0 saturated carbocycles. The molecule has 0 aromatic carbocycles. The van der Waals surface area contributed by atoms with E-state index in [1.807, 2.05) is 0 Å². The fourth-order valence-corrected chi connectivity index (χ4v) is 2.14. The van der Waals surface area contributed by atoms with Gasteiger partial charge in [0.25, 0.3) is 0 Å². The summed E-state index contributed by atoms with van der Waals surface area (Å²) in [5, 5.41) is 0. The molecule has 20 heteroatoms. The first-order chi connectivity index (χ1) is 14.5. The molecule has 0 aromatic heterocycles. The maximum Gasteiger partial charge on any atom is 0.460 e. The molecule has 34 heavy (non-hydrogen) atoms.